The predicted octanol–water partition coefficient (Wildman–Crippen LogP) is 2.91. The summed E-state index contributed by atoms with van der Waals surface area (Å²) in [4.78, 5) is 0. The fourth-order valence-corrected chi connectivity index (χ4v) is 1.54. The number of hydrogen-bond donors (Lipinski definition) is 2. The van der Waals surface area contributed by atoms with Gasteiger partial charge in [0.05, 0.1) is 10.6 Å². The van der Waals surface area contributed by atoms with E-state index in [0.29, 0.717) is 5.56 Å². The molecule has 82 valence electrons. The lowest BCUT2D eigenvalue weighted by Crippen LogP contribution is -2.12. The lowest BCUT2D eigenvalue weighted by Gasteiger charge is -2.14. The SMILES string of the molecule is CCC(C)Oc1ccc(C(=N)N)cc1Br. The second-order valence-electron chi connectivity index (χ2n) is 3.40. The molecule has 0 aromatic heterocycles. The van der Waals surface area contributed by atoms with Gasteiger partial charge < -0.3 is 10.5 Å². The number of amidine groups is 1. The Morgan fingerprint density at radius 1 is 1.60 bits per heavy atom. The Hall–Kier alpha value is -1.03. The lowest BCUT2D eigenvalue weighted by molar-refractivity contribution is 0.216. The molecule has 0 saturated heterocycles. The highest BCUT2D eigenvalue weighted by molar-refractivity contribution is 9.10. The zero-order valence-electron chi connectivity index (χ0n) is 8.88. The van der Waals surface area contributed by atoms with Crippen LogP contribution in [-0.4, -0.2) is 11.9 Å². The highest BCUT2D eigenvalue weighted by atomic mass is 79.9. The van der Waals surface area contributed by atoms with E-state index in [9.17, 15) is 0 Å². The van der Waals surface area contributed by atoms with Gasteiger partial charge in [-0.25, -0.2) is 0 Å². The number of halogens is 1. The average molecular weight is 271 g/mol. The molecule has 1 aromatic carbocycles. The quantitative estimate of drug-likeness (QED) is 0.653. The fourth-order valence-electron chi connectivity index (χ4n) is 1.06. The van der Waals surface area contributed by atoms with E-state index >= 15 is 0 Å². The number of hydrogen-bond acceptors (Lipinski definition) is 2. The first-order valence-corrected chi connectivity index (χ1v) is 5.64. The largest absolute Gasteiger partial charge is 0.490 e. The van der Waals surface area contributed by atoms with Gasteiger partial charge in [0.2, 0.25) is 0 Å². The molecule has 0 heterocycles. The molecular weight excluding hydrogens is 256 g/mol. The zero-order valence-corrected chi connectivity index (χ0v) is 10.5. The number of ether oxygens (including phenoxy) is 1. The van der Waals surface area contributed by atoms with E-state index in [2.05, 4.69) is 22.9 Å². The van der Waals surface area contributed by atoms with E-state index in [1.165, 1.54) is 0 Å². The van der Waals surface area contributed by atoms with Crippen LogP contribution in [-0.2, 0) is 0 Å². The monoisotopic (exact) mass is 270 g/mol. The normalized spacial score (nSPS) is 12.2. The van der Waals surface area contributed by atoms with E-state index in [4.69, 9.17) is 15.9 Å². The van der Waals surface area contributed by atoms with E-state index < -0.39 is 0 Å². The summed E-state index contributed by atoms with van der Waals surface area (Å²) in [7, 11) is 0. The molecule has 3 nitrogen and oxygen atoms in total. The smallest absolute Gasteiger partial charge is 0.133 e. The third-order valence-electron chi connectivity index (χ3n) is 2.15. The van der Waals surface area contributed by atoms with Gasteiger partial charge in [0.15, 0.2) is 0 Å². The van der Waals surface area contributed by atoms with Gasteiger partial charge in [-0.2, -0.15) is 0 Å². The van der Waals surface area contributed by atoms with E-state index in [1.54, 1.807) is 12.1 Å². The summed E-state index contributed by atoms with van der Waals surface area (Å²) in [6, 6.07) is 5.40. The molecule has 0 bridgehead atoms. The minimum atomic E-state index is 0.0609. The second kappa shape index (κ2) is 5.16. The summed E-state index contributed by atoms with van der Waals surface area (Å²) in [5.41, 5.74) is 6.07. The number of nitrogens with two attached hydrogens (primary N) is 1. The molecule has 0 radical (unpaired) electrons. The molecule has 4 heteroatoms. The standard InChI is InChI=1S/C11H15BrN2O/c1-3-7(2)15-10-5-4-8(11(13)14)6-9(10)12/h4-7H,3H2,1-2H3,(H3,13,14). The molecule has 0 aliphatic heterocycles. The molecule has 0 amide bonds. The van der Waals surface area contributed by atoms with Crippen molar-refractivity contribution in [3.05, 3.63) is 28.2 Å². The van der Waals surface area contributed by atoms with Crippen molar-refractivity contribution in [2.75, 3.05) is 0 Å². The molecule has 0 aliphatic carbocycles. The van der Waals surface area contributed by atoms with Crippen molar-refractivity contribution in [3.63, 3.8) is 0 Å². The Morgan fingerprint density at radius 3 is 2.73 bits per heavy atom. The minimum Gasteiger partial charge on any atom is -0.490 e. The highest BCUT2D eigenvalue weighted by Gasteiger charge is 2.07. The van der Waals surface area contributed by atoms with Crippen LogP contribution in [0.2, 0.25) is 0 Å². The first-order chi connectivity index (χ1) is 7.04. The molecule has 1 aromatic rings. The van der Waals surface area contributed by atoms with Gasteiger partial charge in [-0.3, -0.25) is 5.41 Å². The molecule has 3 N–H and O–H groups in total. The maximum atomic E-state index is 7.30. The summed E-state index contributed by atoms with van der Waals surface area (Å²) >= 11 is 3.40. The Kier molecular flexibility index (Phi) is 4.15. The van der Waals surface area contributed by atoms with Gasteiger partial charge >= 0.3 is 0 Å². The molecule has 0 fully saturated rings. The maximum Gasteiger partial charge on any atom is 0.133 e. The summed E-state index contributed by atoms with van der Waals surface area (Å²) in [6.07, 6.45) is 1.14. The van der Waals surface area contributed by atoms with Crippen LogP contribution in [0.3, 0.4) is 0 Å². The van der Waals surface area contributed by atoms with Gasteiger partial charge in [0, 0.05) is 5.56 Å². The van der Waals surface area contributed by atoms with Gasteiger partial charge in [-0.1, -0.05) is 6.92 Å². The Morgan fingerprint density at radius 2 is 2.27 bits per heavy atom. The van der Waals surface area contributed by atoms with Crippen LogP contribution in [0.1, 0.15) is 25.8 Å². The third kappa shape index (κ3) is 3.23. The minimum absolute atomic E-state index is 0.0609. The molecule has 1 unspecified atom stereocenters. The Balaban J connectivity index is 2.88. The second-order valence-corrected chi connectivity index (χ2v) is 4.25. The summed E-state index contributed by atoms with van der Waals surface area (Å²) in [5, 5.41) is 7.30. The topological polar surface area (TPSA) is 59.1 Å². The van der Waals surface area contributed by atoms with Crippen molar-refractivity contribution in [2.45, 2.75) is 26.4 Å². The van der Waals surface area contributed by atoms with Crippen LogP contribution < -0.4 is 10.5 Å². The van der Waals surface area contributed by atoms with Crippen LogP contribution in [0.25, 0.3) is 0 Å². The first-order valence-electron chi connectivity index (χ1n) is 4.85. The maximum absolute atomic E-state index is 7.30. The van der Waals surface area contributed by atoms with E-state index in [-0.39, 0.29) is 11.9 Å². The molecule has 0 aliphatic rings. The van der Waals surface area contributed by atoms with Crippen molar-refractivity contribution >= 4 is 21.8 Å². The molecule has 15 heavy (non-hydrogen) atoms. The predicted molar refractivity (Wildman–Crippen MR) is 65.5 cm³/mol. The van der Waals surface area contributed by atoms with Gasteiger partial charge in [0.25, 0.3) is 0 Å². The number of nitrogens with one attached hydrogen (secondary N) is 1. The Bertz CT molecular complexity index is 366. The molecule has 0 saturated carbocycles. The lowest BCUT2D eigenvalue weighted by atomic mass is 10.2. The van der Waals surface area contributed by atoms with Crippen molar-refractivity contribution in [2.24, 2.45) is 5.73 Å². The van der Waals surface area contributed by atoms with E-state index in [1.807, 2.05) is 13.0 Å². The van der Waals surface area contributed by atoms with Crippen LogP contribution >= 0.6 is 15.9 Å². The molecule has 0 spiro atoms. The van der Waals surface area contributed by atoms with Gasteiger partial charge in [-0.15, -0.1) is 0 Å². The van der Waals surface area contributed by atoms with Crippen LogP contribution in [0.5, 0.6) is 5.75 Å². The summed E-state index contributed by atoms with van der Waals surface area (Å²) < 4.78 is 6.50. The number of rotatable bonds is 4. The number of benzene rings is 1. The van der Waals surface area contributed by atoms with Crippen LogP contribution in [0.4, 0.5) is 0 Å². The van der Waals surface area contributed by atoms with Crippen LogP contribution in [0, 0.1) is 5.41 Å². The van der Waals surface area contributed by atoms with Gasteiger partial charge in [-0.05, 0) is 47.5 Å². The molecule has 1 rings (SSSR count). The van der Waals surface area contributed by atoms with E-state index in [0.717, 1.165) is 16.6 Å². The zero-order chi connectivity index (χ0) is 11.4. The third-order valence-corrected chi connectivity index (χ3v) is 2.77. The first kappa shape index (κ1) is 12.0. The van der Waals surface area contributed by atoms with Crippen molar-refractivity contribution in [3.8, 4) is 5.75 Å². The van der Waals surface area contributed by atoms with Crippen molar-refractivity contribution in [1.82, 2.24) is 0 Å². The number of nitrogen functional groups attached to an aromatic ring is 1. The van der Waals surface area contributed by atoms with Crippen LogP contribution in [0.15, 0.2) is 22.7 Å². The van der Waals surface area contributed by atoms with Crippen molar-refractivity contribution < 1.29 is 4.74 Å². The highest BCUT2D eigenvalue weighted by Crippen LogP contribution is 2.27. The fraction of sp³-hybridized carbons (Fsp3) is 0.364. The average Bonchev–Trinajstić information content (AvgIpc) is 2.20. The van der Waals surface area contributed by atoms with Crippen molar-refractivity contribution in [1.29, 1.82) is 5.41 Å². The molecular formula is C11H15BrN2O. The van der Waals surface area contributed by atoms with Gasteiger partial charge in [0.1, 0.15) is 11.6 Å². The summed E-state index contributed by atoms with van der Waals surface area (Å²) in [6.45, 7) is 4.09. The Labute approximate surface area is 98.3 Å². The molecule has 1 atom stereocenters. The summed E-state index contributed by atoms with van der Waals surface area (Å²) in [5.74, 6) is 0.847.